The Morgan fingerprint density at radius 3 is 2.28 bits per heavy atom. The number of aromatic nitrogens is 2. The van der Waals surface area contributed by atoms with E-state index in [2.05, 4.69) is 15.3 Å². The summed E-state index contributed by atoms with van der Waals surface area (Å²) >= 11 is 0. The Kier molecular flexibility index (Phi) is 9.11. The summed E-state index contributed by atoms with van der Waals surface area (Å²) in [7, 11) is 0. The molecule has 0 radical (unpaired) electrons. The Bertz CT molecular complexity index is 1490. The molecule has 1 aliphatic rings. The van der Waals surface area contributed by atoms with Gasteiger partial charge in [0.15, 0.2) is 0 Å². The van der Waals surface area contributed by atoms with Crippen molar-refractivity contribution in [3.63, 3.8) is 0 Å². The maximum absolute atomic E-state index is 13.6. The Hall–Kier alpha value is -3.79. The highest BCUT2D eigenvalue weighted by molar-refractivity contribution is 6.05. The lowest BCUT2D eigenvalue weighted by Crippen LogP contribution is -2.42. The van der Waals surface area contributed by atoms with Gasteiger partial charge in [-0.1, -0.05) is 42.5 Å². The Balaban J connectivity index is 0.00000210. The van der Waals surface area contributed by atoms with Crippen molar-refractivity contribution >= 4 is 53.5 Å². The SMILES string of the molecule is CC(CNCc1ccc(F)cc1)(C(=O)O)c1ccc2nc(N)nc(C(=O)N3Cc4ccccc4C3)c2c1.Cl.Cl. The van der Waals surface area contributed by atoms with Crippen LogP contribution in [0.25, 0.3) is 10.9 Å². The number of rotatable bonds is 7. The molecular weight excluding hydrogens is 544 g/mol. The summed E-state index contributed by atoms with van der Waals surface area (Å²) in [5.74, 6) is -1.68. The smallest absolute Gasteiger partial charge is 0.315 e. The molecule has 204 valence electrons. The summed E-state index contributed by atoms with van der Waals surface area (Å²) < 4.78 is 13.2. The van der Waals surface area contributed by atoms with Crippen LogP contribution in [-0.4, -0.2) is 38.4 Å². The van der Waals surface area contributed by atoms with Crippen molar-refractivity contribution in [2.45, 2.75) is 32.0 Å². The third-order valence-corrected chi connectivity index (χ3v) is 6.87. The number of fused-ring (bicyclic) bond motifs is 2. The van der Waals surface area contributed by atoms with Gasteiger partial charge >= 0.3 is 5.97 Å². The number of carbonyl (C=O) groups excluding carboxylic acids is 1. The number of nitrogens with zero attached hydrogens (tertiary/aromatic N) is 3. The first-order valence-corrected chi connectivity index (χ1v) is 11.9. The van der Waals surface area contributed by atoms with E-state index < -0.39 is 11.4 Å². The molecule has 0 bridgehead atoms. The molecule has 0 spiro atoms. The van der Waals surface area contributed by atoms with Gasteiger partial charge in [-0.05, 0) is 53.4 Å². The van der Waals surface area contributed by atoms with Crippen molar-refractivity contribution < 1.29 is 19.1 Å². The van der Waals surface area contributed by atoms with E-state index in [0.717, 1.165) is 16.7 Å². The van der Waals surface area contributed by atoms with E-state index in [4.69, 9.17) is 5.73 Å². The van der Waals surface area contributed by atoms with Gasteiger partial charge in [0, 0.05) is 31.6 Å². The minimum Gasteiger partial charge on any atom is -0.481 e. The molecule has 5 rings (SSSR count). The highest BCUT2D eigenvalue weighted by atomic mass is 35.5. The lowest BCUT2D eigenvalue weighted by Gasteiger charge is -2.26. The van der Waals surface area contributed by atoms with E-state index in [-0.39, 0.29) is 54.7 Å². The van der Waals surface area contributed by atoms with Crippen LogP contribution < -0.4 is 11.1 Å². The van der Waals surface area contributed by atoms with Crippen LogP contribution in [0, 0.1) is 5.82 Å². The van der Waals surface area contributed by atoms with Crippen molar-refractivity contribution in [1.29, 1.82) is 0 Å². The summed E-state index contributed by atoms with van der Waals surface area (Å²) in [6.45, 7) is 3.01. The molecule has 39 heavy (non-hydrogen) atoms. The van der Waals surface area contributed by atoms with Crippen LogP contribution in [0.1, 0.15) is 39.7 Å². The molecule has 1 atom stereocenters. The average Bonchev–Trinajstić information content (AvgIpc) is 3.33. The second-order valence-corrected chi connectivity index (χ2v) is 9.46. The van der Waals surface area contributed by atoms with Gasteiger partial charge in [-0.3, -0.25) is 9.59 Å². The molecule has 4 aromatic rings. The van der Waals surface area contributed by atoms with Crippen LogP contribution in [0.2, 0.25) is 0 Å². The molecule has 4 N–H and O–H groups in total. The predicted octanol–water partition coefficient (Wildman–Crippen LogP) is 4.48. The first-order valence-electron chi connectivity index (χ1n) is 11.9. The van der Waals surface area contributed by atoms with Gasteiger partial charge in [-0.2, -0.15) is 0 Å². The number of aliphatic carboxylic acids is 1. The number of hydrogen-bond donors (Lipinski definition) is 3. The maximum Gasteiger partial charge on any atom is 0.315 e. The molecule has 0 fully saturated rings. The van der Waals surface area contributed by atoms with E-state index >= 15 is 0 Å². The predicted molar refractivity (Wildman–Crippen MR) is 152 cm³/mol. The fraction of sp³-hybridized carbons (Fsp3) is 0.214. The molecule has 1 aliphatic heterocycles. The first-order chi connectivity index (χ1) is 17.7. The van der Waals surface area contributed by atoms with Gasteiger partial charge in [0.25, 0.3) is 5.91 Å². The van der Waals surface area contributed by atoms with Crippen molar-refractivity contribution in [3.8, 4) is 0 Å². The molecule has 0 saturated carbocycles. The lowest BCUT2D eigenvalue weighted by atomic mass is 9.81. The van der Waals surface area contributed by atoms with Gasteiger partial charge in [-0.25, -0.2) is 14.4 Å². The van der Waals surface area contributed by atoms with Crippen LogP contribution >= 0.6 is 24.8 Å². The Morgan fingerprint density at radius 2 is 1.67 bits per heavy atom. The number of nitrogens with one attached hydrogen (secondary N) is 1. The third kappa shape index (κ3) is 5.95. The number of hydrogen-bond acceptors (Lipinski definition) is 6. The normalized spacial score (nSPS) is 13.6. The van der Waals surface area contributed by atoms with E-state index in [1.54, 1.807) is 42.2 Å². The van der Waals surface area contributed by atoms with Crippen LogP contribution in [-0.2, 0) is 29.8 Å². The molecule has 11 heteroatoms. The number of halogens is 3. The number of carboxylic acid groups (broad SMARTS) is 1. The summed E-state index contributed by atoms with van der Waals surface area (Å²) in [5, 5.41) is 13.8. The highest BCUT2D eigenvalue weighted by Crippen LogP contribution is 2.30. The van der Waals surface area contributed by atoms with Crippen molar-refractivity contribution in [2.75, 3.05) is 12.3 Å². The quantitative estimate of drug-likeness (QED) is 0.299. The van der Waals surface area contributed by atoms with Gasteiger partial charge in [-0.15, -0.1) is 24.8 Å². The summed E-state index contributed by atoms with van der Waals surface area (Å²) in [5.41, 5.74) is 8.69. The Morgan fingerprint density at radius 1 is 1.03 bits per heavy atom. The zero-order valence-corrected chi connectivity index (χ0v) is 22.7. The third-order valence-electron chi connectivity index (χ3n) is 6.87. The molecule has 1 unspecified atom stereocenters. The minimum absolute atomic E-state index is 0. The van der Waals surface area contributed by atoms with Gasteiger partial charge in [0.05, 0.1) is 5.52 Å². The second kappa shape index (κ2) is 11.9. The monoisotopic (exact) mass is 571 g/mol. The zero-order valence-electron chi connectivity index (χ0n) is 21.1. The number of nitrogen functional groups attached to an aromatic ring is 1. The largest absolute Gasteiger partial charge is 0.481 e. The zero-order chi connectivity index (χ0) is 26.2. The van der Waals surface area contributed by atoms with E-state index in [9.17, 15) is 19.1 Å². The molecule has 2 heterocycles. The number of amides is 1. The summed E-state index contributed by atoms with van der Waals surface area (Å²) in [6, 6.07) is 18.9. The number of carboxylic acids is 1. The van der Waals surface area contributed by atoms with Gasteiger partial charge in [0.2, 0.25) is 5.95 Å². The summed E-state index contributed by atoms with van der Waals surface area (Å²) in [4.78, 5) is 36.2. The fourth-order valence-corrected chi connectivity index (χ4v) is 4.64. The molecule has 0 aliphatic carbocycles. The number of carbonyl (C=O) groups is 2. The molecule has 3 aromatic carbocycles. The number of nitrogens with two attached hydrogens (primary N) is 1. The summed E-state index contributed by atoms with van der Waals surface area (Å²) in [6.07, 6.45) is 0. The van der Waals surface area contributed by atoms with E-state index in [1.807, 2.05) is 24.3 Å². The molecular formula is C28H28Cl2FN5O3. The number of benzene rings is 3. The van der Waals surface area contributed by atoms with Crippen molar-refractivity contribution in [1.82, 2.24) is 20.2 Å². The molecule has 0 saturated heterocycles. The van der Waals surface area contributed by atoms with Crippen LogP contribution in [0.4, 0.5) is 10.3 Å². The fourth-order valence-electron chi connectivity index (χ4n) is 4.64. The molecule has 8 nitrogen and oxygen atoms in total. The average molecular weight is 572 g/mol. The van der Waals surface area contributed by atoms with Crippen molar-refractivity contribution in [2.24, 2.45) is 0 Å². The van der Waals surface area contributed by atoms with Crippen molar-refractivity contribution in [3.05, 3.63) is 100 Å². The molecule has 1 aromatic heterocycles. The molecule has 1 amide bonds. The van der Waals surface area contributed by atoms with Gasteiger partial charge in [0.1, 0.15) is 16.9 Å². The highest BCUT2D eigenvalue weighted by Gasteiger charge is 2.36. The van der Waals surface area contributed by atoms with Crippen LogP contribution in [0.3, 0.4) is 0 Å². The maximum atomic E-state index is 13.6. The van der Waals surface area contributed by atoms with E-state index in [0.29, 0.717) is 36.1 Å². The Labute approximate surface area is 237 Å². The number of anilines is 1. The van der Waals surface area contributed by atoms with Gasteiger partial charge < -0.3 is 21.1 Å². The van der Waals surface area contributed by atoms with Crippen LogP contribution in [0.5, 0.6) is 0 Å². The van der Waals surface area contributed by atoms with Crippen LogP contribution in [0.15, 0.2) is 66.7 Å². The standard InChI is InChI=1S/C28H26FN5O3.2ClH/c1-28(26(36)37,16-31-13-17-6-9-21(29)10-7-17)20-8-11-23-22(12-20)24(33-27(30)32-23)25(35)34-14-18-4-2-3-5-19(18)15-34;;/h2-12,31H,13-16H2,1H3,(H,36,37)(H2,30,32,33);2*1H. The lowest BCUT2D eigenvalue weighted by molar-refractivity contribution is -0.143. The van der Waals surface area contributed by atoms with E-state index in [1.165, 1.54) is 12.1 Å². The second-order valence-electron chi connectivity index (χ2n) is 9.46. The minimum atomic E-state index is -1.32. The topological polar surface area (TPSA) is 121 Å². The first kappa shape index (κ1) is 29.8.